The van der Waals surface area contributed by atoms with E-state index < -0.39 is 0 Å². The van der Waals surface area contributed by atoms with Gasteiger partial charge in [0.15, 0.2) is 5.17 Å². The number of benzene rings is 3. The Morgan fingerprint density at radius 1 is 0.892 bits per heavy atom. The van der Waals surface area contributed by atoms with Gasteiger partial charge < -0.3 is 4.57 Å². The number of thioether (sulfide) groups is 1. The minimum atomic E-state index is -0.0595. The number of amides is 1. The van der Waals surface area contributed by atoms with Gasteiger partial charge in [0.05, 0.1) is 16.3 Å². The molecule has 37 heavy (non-hydrogen) atoms. The first-order valence-electron chi connectivity index (χ1n) is 12.4. The zero-order valence-corrected chi connectivity index (χ0v) is 22.8. The van der Waals surface area contributed by atoms with Crippen LogP contribution in [0.25, 0.3) is 17.0 Å². The van der Waals surface area contributed by atoms with Crippen LogP contribution in [-0.2, 0) is 11.3 Å². The molecule has 1 amide bonds. The number of nitrogens with zero attached hydrogens (tertiary/aromatic N) is 3. The van der Waals surface area contributed by atoms with Crippen LogP contribution in [0.15, 0.2) is 83.2 Å². The van der Waals surface area contributed by atoms with Crippen molar-refractivity contribution in [3.63, 3.8) is 0 Å². The van der Waals surface area contributed by atoms with Gasteiger partial charge in [-0.25, -0.2) is 4.99 Å². The number of aryl methyl sites for hydroxylation is 4. The van der Waals surface area contributed by atoms with Gasteiger partial charge in [-0.05, 0) is 105 Å². The number of amidine groups is 1. The lowest BCUT2D eigenvalue weighted by Crippen LogP contribution is -2.28. The van der Waals surface area contributed by atoms with Crippen LogP contribution in [0, 0.1) is 34.6 Å². The normalized spacial score (nSPS) is 15.9. The molecule has 1 fully saturated rings. The average Bonchev–Trinajstić information content (AvgIpc) is 3.32. The highest BCUT2D eigenvalue weighted by molar-refractivity contribution is 8.19. The molecule has 1 aromatic heterocycles. The Morgan fingerprint density at radius 3 is 2.30 bits per heavy atom. The van der Waals surface area contributed by atoms with Gasteiger partial charge in [0.1, 0.15) is 0 Å². The van der Waals surface area contributed by atoms with E-state index in [2.05, 4.69) is 82.2 Å². The second kappa shape index (κ2) is 9.91. The second-order valence-electron chi connectivity index (χ2n) is 9.60. The van der Waals surface area contributed by atoms with Gasteiger partial charge in [-0.1, -0.05) is 36.4 Å². The third kappa shape index (κ3) is 4.56. The number of aromatic nitrogens is 1. The number of hydrogen-bond donors (Lipinski definition) is 0. The highest BCUT2D eigenvalue weighted by Gasteiger charge is 2.35. The van der Waals surface area contributed by atoms with Crippen molar-refractivity contribution in [1.82, 2.24) is 4.57 Å². The average molecular weight is 506 g/mol. The van der Waals surface area contributed by atoms with Crippen LogP contribution < -0.4 is 4.90 Å². The standard InChI is InChI=1S/C32H31N3OS/c1-7-16-34-24(6)28(27-10-8-9-11-29(27)34)19-30-31(36)35(26-15-13-21(3)23(5)18-26)32(37-30)33-25-14-12-20(2)22(4)17-25/h7-15,17-19H,1,16H2,2-6H3/b30-19-,33-32?. The Morgan fingerprint density at radius 2 is 1.59 bits per heavy atom. The fourth-order valence-electron chi connectivity index (χ4n) is 4.68. The van der Waals surface area contributed by atoms with Crippen LogP contribution in [0.1, 0.15) is 33.5 Å². The summed E-state index contributed by atoms with van der Waals surface area (Å²) in [7, 11) is 0. The molecule has 0 bridgehead atoms. The molecule has 1 saturated heterocycles. The maximum atomic E-state index is 13.9. The van der Waals surface area contributed by atoms with E-state index in [1.807, 2.05) is 36.4 Å². The molecule has 5 heteroatoms. The lowest BCUT2D eigenvalue weighted by atomic mass is 10.1. The van der Waals surface area contributed by atoms with Crippen LogP contribution in [0.2, 0.25) is 0 Å². The van der Waals surface area contributed by atoms with E-state index >= 15 is 0 Å². The molecule has 1 aliphatic heterocycles. The summed E-state index contributed by atoms with van der Waals surface area (Å²) < 4.78 is 2.24. The summed E-state index contributed by atoms with van der Waals surface area (Å²) in [6, 6.07) is 20.6. The second-order valence-corrected chi connectivity index (χ2v) is 10.6. The fraction of sp³-hybridized carbons (Fsp3) is 0.188. The predicted octanol–water partition coefficient (Wildman–Crippen LogP) is 8.18. The van der Waals surface area contributed by atoms with E-state index in [0.29, 0.717) is 16.6 Å². The van der Waals surface area contributed by atoms with Gasteiger partial charge in [0.2, 0.25) is 0 Å². The first-order chi connectivity index (χ1) is 17.8. The Bertz CT molecular complexity index is 1620. The van der Waals surface area contributed by atoms with E-state index in [9.17, 15) is 4.79 Å². The van der Waals surface area contributed by atoms with Crippen LogP contribution in [0.5, 0.6) is 0 Å². The molecule has 0 atom stereocenters. The molecular weight excluding hydrogens is 474 g/mol. The van der Waals surface area contributed by atoms with Crippen molar-refractivity contribution in [1.29, 1.82) is 0 Å². The summed E-state index contributed by atoms with van der Waals surface area (Å²) in [5.41, 5.74) is 9.70. The number of hydrogen-bond acceptors (Lipinski definition) is 3. The Labute approximate surface area is 223 Å². The Kier molecular flexibility index (Phi) is 6.65. The quantitative estimate of drug-likeness (QED) is 0.203. The van der Waals surface area contributed by atoms with Crippen LogP contribution >= 0.6 is 11.8 Å². The number of anilines is 1. The molecule has 0 radical (unpaired) electrons. The highest BCUT2D eigenvalue weighted by Crippen LogP contribution is 2.39. The molecule has 186 valence electrons. The molecule has 2 heterocycles. The molecule has 1 aliphatic rings. The third-order valence-electron chi connectivity index (χ3n) is 7.14. The minimum absolute atomic E-state index is 0.0595. The first-order valence-corrected chi connectivity index (χ1v) is 13.3. The molecule has 0 unspecified atom stereocenters. The van der Waals surface area contributed by atoms with Gasteiger partial charge >= 0.3 is 0 Å². The molecule has 0 spiro atoms. The number of rotatable bonds is 5. The van der Waals surface area contributed by atoms with Gasteiger partial charge in [-0.2, -0.15) is 0 Å². The van der Waals surface area contributed by atoms with Gasteiger partial charge in [-0.15, -0.1) is 6.58 Å². The highest BCUT2D eigenvalue weighted by atomic mass is 32.2. The Hall–Kier alpha value is -3.83. The van der Waals surface area contributed by atoms with Crippen molar-refractivity contribution in [3.05, 3.63) is 112 Å². The van der Waals surface area contributed by atoms with E-state index in [1.54, 1.807) is 4.90 Å². The summed E-state index contributed by atoms with van der Waals surface area (Å²) in [4.78, 5) is 21.3. The molecule has 0 saturated carbocycles. The Balaban J connectivity index is 1.66. The van der Waals surface area contributed by atoms with Crippen LogP contribution in [0.3, 0.4) is 0 Å². The molecule has 0 aliphatic carbocycles. The number of carbonyl (C=O) groups is 1. The van der Waals surface area contributed by atoms with Crippen molar-refractivity contribution in [2.45, 2.75) is 41.2 Å². The van der Waals surface area contributed by atoms with Crippen LogP contribution in [0.4, 0.5) is 11.4 Å². The van der Waals surface area contributed by atoms with E-state index in [1.165, 1.54) is 28.5 Å². The smallest absolute Gasteiger partial charge is 0.271 e. The number of aliphatic imine (C=N–C) groups is 1. The minimum Gasteiger partial charge on any atom is -0.340 e. The summed E-state index contributed by atoms with van der Waals surface area (Å²) in [6.07, 6.45) is 3.93. The molecular formula is C32H31N3OS. The third-order valence-corrected chi connectivity index (χ3v) is 8.11. The van der Waals surface area contributed by atoms with Gasteiger partial charge in [0.25, 0.3) is 5.91 Å². The monoisotopic (exact) mass is 505 g/mol. The number of fused-ring (bicyclic) bond motifs is 1. The molecule has 4 aromatic rings. The molecule has 5 rings (SSSR count). The zero-order chi connectivity index (χ0) is 26.3. The number of para-hydroxylation sites is 1. The van der Waals surface area contributed by atoms with Crippen molar-refractivity contribution < 1.29 is 4.79 Å². The van der Waals surface area contributed by atoms with Crippen molar-refractivity contribution >= 4 is 51.2 Å². The van der Waals surface area contributed by atoms with E-state index in [-0.39, 0.29) is 5.91 Å². The number of carbonyl (C=O) groups excluding carboxylic acids is 1. The fourth-order valence-corrected chi connectivity index (χ4v) is 5.66. The van der Waals surface area contributed by atoms with E-state index in [0.717, 1.165) is 39.1 Å². The topological polar surface area (TPSA) is 37.6 Å². The van der Waals surface area contributed by atoms with Crippen molar-refractivity contribution in [2.75, 3.05) is 4.90 Å². The number of allylic oxidation sites excluding steroid dienone is 1. The summed E-state index contributed by atoms with van der Waals surface area (Å²) in [5.74, 6) is -0.0595. The van der Waals surface area contributed by atoms with Crippen molar-refractivity contribution in [2.24, 2.45) is 4.99 Å². The van der Waals surface area contributed by atoms with Crippen molar-refractivity contribution in [3.8, 4) is 0 Å². The largest absolute Gasteiger partial charge is 0.340 e. The van der Waals surface area contributed by atoms with Gasteiger partial charge in [-0.3, -0.25) is 9.69 Å². The predicted molar refractivity (Wildman–Crippen MR) is 159 cm³/mol. The molecule has 3 aromatic carbocycles. The SMILES string of the molecule is C=CCn1c(C)c(/C=C2\SC(=Nc3ccc(C)c(C)c3)N(c3ccc(C)c(C)c3)C2=O)c2ccccc21. The first kappa shape index (κ1) is 24.8. The van der Waals surface area contributed by atoms with Gasteiger partial charge in [0, 0.05) is 28.7 Å². The lowest BCUT2D eigenvalue weighted by Gasteiger charge is -2.17. The lowest BCUT2D eigenvalue weighted by molar-refractivity contribution is -0.113. The molecule has 0 N–H and O–H groups in total. The summed E-state index contributed by atoms with van der Waals surface area (Å²) in [6.45, 7) is 15.1. The zero-order valence-electron chi connectivity index (χ0n) is 22.0. The summed E-state index contributed by atoms with van der Waals surface area (Å²) in [5, 5.41) is 1.79. The van der Waals surface area contributed by atoms with E-state index in [4.69, 9.17) is 4.99 Å². The molecule has 4 nitrogen and oxygen atoms in total. The maximum absolute atomic E-state index is 13.9. The summed E-state index contributed by atoms with van der Waals surface area (Å²) >= 11 is 1.43. The maximum Gasteiger partial charge on any atom is 0.271 e. The van der Waals surface area contributed by atoms with Crippen LogP contribution in [-0.4, -0.2) is 15.6 Å².